The average Bonchev–Trinajstić information content (AvgIpc) is 2.49. The molecule has 6 nitrogen and oxygen atoms in total. The van der Waals surface area contributed by atoms with Gasteiger partial charge in [0.25, 0.3) is 0 Å². The van der Waals surface area contributed by atoms with Crippen LogP contribution in [0.25, 0.3) is 0 Å². The van der Waals surface area contributed by atoms with Crippen LogP contribution in [0.5, 0.6) is 0 Å². The molecule has 2 atom stereocenters. The molecule has 1 rings (SSSR count). The van der Waals surface area contributed by atoms with E-state index in [9.17, 15) is 14.4 Å². The first-order chi connectivity index (χ1) is 12.0. The molecule has 1 N–H and O–H groups in total. The summed E-state index contributed by atoms with van der Waals surface area (Å²) in [7, 11) is 0. The van der Waals surface area contributed by atoms with Crippen molar-refractivity contribution in [2.24, 2.45) is 0 Å². The van der Waals surface area contributed by atoms with E-state index in [-0.39, 0.29) is 18.3 Å². The first-order valence-corrected chi connectivity index (χ1v) is 8.75. The lowest BCUT2D eigenvalue weighted by molar-refractivity contribution is -0.150. The second-order valence-electron chi connectivity index (χ2n) is 7.49. The van der Waals surface area contributed by atoms with Gasteiger partial charge in [-0.05, 0) is 53.5 Å². The Morgan fingerprint density at radius 3 is 2.12 bits per heavy atom. The van der Waals surface area contributed by atoms with Gasteiger partial charge in [0.05, 0.1) is 6.10 Å². The third-order valence-electron chi connectivity index (χ3n) is 3.49. The molecule has 0 aliphatic heterocycles. The molecule has 0 heterocycles. The monoisotopic (exact) mass is 363 g/mol. The predicted molar refractivity (Wildman–Crippen MR) is 98.9 cm³/mol. The Kier molecular flexibility index (Phi) is 7.80. The molecule has 0 aliphatic rings. The SMILES string of the molecule is CC(=O)[C@H](C[C@@H](NC(=O)OC(C)(C)C)C(=O)OC(C)C)c1ccccc1. The summed E-state index contributed by atoms with van der Waals surface area (Å²) in [6.07, 6.45) is -0.957. The predicted octanol–water partition coefficient (Wildman–Crippen LogP) is 3.59. The number of amides is 1. The topological polar surface area (TPSA) is 81.7 Å². The zero-order valence-electron chi connectivity index (χ0n) is 16.4. The van der Waals surface area contributed by atoms with Crippen molar-refractivity contribution in [3.8, 4) is 0 Å². The Hall–Kier alpha value is -2.37. The average molecular weight is 363 g/mol. The van der Waals surface area contributed by atoms with Gasteiger partial charge < -0.3 is 14.8 Å². The van der Waals surface area contributed by atoms with Crippen LogP contribution in [0.4, 0.5) is 4.79 Å². The molecule has 1 aromatic carbocycles. The van der Waals surface area contributed by atoms with Crippen molar-refractivity contribution < 1.29 is 23.9 Å². The van der Waals surface area contributed by atoms with Gasteiger partial charge in [0.2, 0.25) is 0 Å². The van der Waals surface area contributed by atoms with E-state index in [2.05, 4.69) is 5.32 Å². The van der Waals surface area contributed by atoms with Gasteiger partial charge in [-0.1, -0.05) is 30.3 Å². The van der Waals surface area contributed by atoms with Crippen LogP contribution >= 0.6 is 0 Å². The Labute approximate surface area is 155 Å². The number of ketones is 1. The van der Waals surface area contributed by atoms with E-state index in [1.807, 2.05) is 30.3 Å². The standard InChI is InChI=1S/C20H29NO5/c1-13(2)25-18(23)17(21-19(24)26-20(4,5)6)12-16(14(3)22)15-10-8-7-9-11-15/h7-11,13,16-17H,12H2,1-6H3,(H,21,24)/t16-,17+/m0/s1. The Morgan fingerprint density at radius 1 is 1.08 bits per heavy atom. The van der Waals surface area contributed by atoms with Crippen molar-refractivity contribution in [2.45, 2.75) is 71.6 Å². The molecule has 0 spiro atoms. The highest BCUT2D eigenvalue weighted by Gasteiger charge is 2.31. The van der Waals surface area contributed by atoms with Crippen molar-refractivity contribution in [2.75, 3.05) is 0 Å². The molecule has 0 aromatic heterocycles. The normalized spacial score (nSPS) is 13.7. The minimum Gasteiger partial charge on any atom is -0.461 e. The maximum atomic E-state index is 12.4. The molecule has 6 heteroatoms. The number of hydrogen-bond acceptors (Lipinski definition) is 5. The largest absolute Gasteiger partial charge is 0.461 e. The van der Waals surface area contributed by atoms with Crippen LogP contribution in [0.3, 0.4) is 0 Å². The van der Waals surface area contributed by atoms with Crippen LogP contribution in [-0.2, 0) is 19.1 Å². The van der Waals surface area contributed by atoms with Crippen molar-refractivity contribution in [1.29, 1.82) is 0 Å². The van der Waals surface area contributed by atoms with Crippen LogP contribution in [0, 0.1) is 0 Å². The van der Waals surface area contributed by atoms with E-state index in [0.717, 1.165) is 5.56 Å². The molecular formula is C20H29NO5. The van der Waals surface area contributed by atoms with Crippen LogP contribution in [0.15, 0.2) is 30.3 Å². The van der Waals surface area contributed by atoms with Gasteiger partial charge in [0.15, 0.2) is 0 Å². The summed E-state index contributed by atoms with van der Waals surface area (Å²) in [4.78, 5) is 36.7. The van der Waals surface area contributed by atoms with Crippen molar-refractivity contribution in [1.82, 2.24) is 5.32 Å². The van der Waals surface area contributed by atoms with Gasteiger partial charge in [0, 0.05) is 5.92 Å². The molecule has 0 unspecified atom stereocenters. The number of benzene rings is 1. The van der Waals surface area contributed by atoms with Gasteiger partial charge in [0.1, 0.15) is 17.4 Å². The smallest absolute Gasteiger partial charge is 0.408 e. The minimum absolute atomic E-state index is 0.0930. The highest BCUT2D eigenvalue weighted by Crippen LogP contribution is 2.23. The lowest BCUT2D eigenvalue weighted by Gasteiger charge is -2.25. The molecule has 1 amide bonds. The molecule has 1 aromatic rings. The number of rotatable bonds is 7. The van der Waals surface area contributed by atoms with E-state index in [1.54, 1.807) is 34.6 Å². The molecule has 0 saturated carbocycles. The molecule has 0 radical (unpaired) electrons. The molecular weight excluding hydrogens is 334 g/mol. The van der Waals surface area contributed by atoms with Crippen molar-refractivity contribution in [3.05, 3.63) is 35.9 Å². The Balaban J connectivity index is 3.00. The summed E-state index contributed by atoms with van der Waals surface area (Å²) in [5, 5.41) is 2.55. The fourth-order valence-corrected chi connectivity index (χ4v) is 2.44. The lowest BCUT2D eigenvalue weighted by Crippen LogP contribution is -2.46. The highest BCUT2D eigenvalue weighted by atomic mass is 16.6. The number of nitrogens with one attached hydrogen (secondary N) is 1. The van der Waals surface area contributed by atoms with Crippen molar-refractivity contribution in [3.63, 3.8) is 0 Å². The summed E-state index contributed by atoms with van der Waals surface area (Å²) in [5.74, 6) is -1.21. The zero-order valence-corrected chi connectivity index (χ0v) is 16.4. The second kappa shape index (κ2) is 9.36. The number of alkyl carbamates (subject to hydrolysis) is 1. The van der Waals surface area contributed by atoms with E-state index in [4.69, 9.17) is 9.47 Å². The maximum Gasteiger partial charge on any atom is 0.408 e. The summed E-state index contributed by atoms with van der Waals surface area (Å²) in [6, 6.07) is 8.17. The first kappa shape index (κ1) is 21.7. The highest BCUT2D eigenvalue weighted by molar-refractivity contribution is 5.86. The second-order valence-corrected chi connectivity index (χ2v) is 7.49. The molecule has 0 fully saturated rings. The maximum absolute atomic E-state index is 12.4. The fraction of sp³-hybridized carbons (Fsp3) is 0.550. The number of ether oxygens (including phenoxy) is 2. The quantitative estimate of drug-likeness (QED) is 0.749. The Morgan fingerprint density at radius 2 is 1.65 bits per heavy atom. The number of hydrogen-bond donors (Lipinski definition) is 1. The number of Topliss-reactive ketones (excluding diaryl/α,β-unsaturated/α-hetero) is 1. The van der Waals surface area contributed by atoms with Crippen LogP contribution < -0.4 is 5.32 Å². The molecule has 26 heavy (non-hydrogen) atoms. The third-order valence-corrected chi connectivity index (χ3v) is 3.49. The molecule has 144 valence electrons. The third kappa shape index (κ3) is 7.68. The van der Waals surface area contributed by atoms with Crippen LogP contribution in [0.1, 0.15) is 59.4 Å². The van der Waals surface area contributed by atoms with Crippen LogP contribution in [0.2, 0.25) is 0 Å². The molecule has 0 bridgehead atoms. The zero-order chi connectivity index (χ0) is 19.9. The minimum atomic E-state index is -0.985. The van der Waals surface area contributed by atoms with Gasteiger partial charge in [-0.3, -0.25) is 4.79 Å². The van der Waals surface area contributed by atoms with E-state index in [0.29, 0.717) is 0 Å². The van der Waals surface area contributed by atoms with Gasteiger partial charge in [-0.2, -0.15) is 0 Å². The molecule has 0 aliphatic carbocycles. The van der Waals surface area contributed by atoms with Crippen LogP contribution in [-0.4, -0.2) is 35.6 Å². The Bertz CT molecular complexity index is 619. The summed E-state index contributed by atoms with van der Waals surface area (Å²) in [5.41, 5.74) is 0.0871. The van der Waals surface area contributed by atoms with Gasteiger partial charge >= 0.3 is 12.1 Å². The molecule has 0 saturated heterocycles. The van der Waals surface area contributed by atoms with Crippen molar-refractivity contribution >= 4 is 17.8 Å². The number of carbonyl (C=O) groups excluding carboxylic acids is 3. The fourth-order valence-electron chi connectivity index (χ4n) is 2.44. The van der Waals surface area contributed by atoms with Gasteiger partial charge in [-0.15, -0.1) is 0 Å². The number of esters is 1. The van der Waals surface area contributed by atoms with E-state index < -0.39 is 29.6 Å². The summed E-state index contributed by atoms with van der Waals surface area (Å²) in [6.45, 7) is 10.1. The number of carbonyl (C=O) groups is 3. The summed E-state index contributed by atoms with van der Waals surface area (Å²) < 4.78 is 10.5. The summed E-state index contributed by atoms with van der Waals surface area (Å²) >= 11 is 0. The van der Waals surface area contributed by atoms with E-state index in [1.165, 1.54) is 6.92 Å². The van der Waals surface area contributed by atoms with E-state index >= 15 is 0 Å². The lowest BCUT2D eigenvalue weighted by atomic mass is 9.89. The first-order valence-electron chi connectivity index (χ1n) is 8.75. The van der Waals surface area contributed by atoms with Gasteiger partial charge in [-0.25, -0.2) is 9.59 Å².